The third kappa shape index (κ3) is 9.21. The van der Waals surface area contributed by atoms with Crippen molar-refractivity contribution in [2.24, 2.45) is 0 Å². The Kier molecular flexibility index (Phi) is 12.0. The molecule has 268 valence electrons. The van der Waals surface area contributed by atoms with Crippen LogP contribution < -0.4 is 26.0 Å². The number of aromatic nitrogens is 1. The van der Waals surface area contributed by atoms with Crippen LogP contribution in [0.4, 0.5) is 5.13 Å². The number of nitrogens with zero attached hydrogens (tertiary/aromatic N) is 1. The van der Waals surface area contributed by atoms with Gasteiger partial charge in [-0.05, 0) is 72.3 Å². The van der Waals surface area contributed by atoms with E-state index in [2.05, 4.69) is 46.7 Å². The molecule has 0 fully saturated rings. The van der Waals surface area contributed by atoms with Gasteiger partial charge in [0.1, 0.15) is 47.8 Å². The smallest absolute Gasteiger partial charge is 0.303 e. The van der Waals surface area contributed by atoms with Crippen molar-refractivity contribution in [2.75, 3.05) is 24.7 Å². The van der Waals surface area contributed by atoms with Gasteiger partial charge in [0.15, 0.2) is 11.7 Å². The van der Waals surface area contributed by atoms with Gasteiger partial charge in [-0.1, -0.05) is 78.1 Å². The number of nitrogens with one attached hydrogen (secondary N) is 1. The number of para-hydroxylation sites is 1. The van der Waals surface area contributed by atoms with E-state index in [1.54, 1.807) is 18.2 Å². The average molecular weight is 746 g/mol. The maximum absolute atomic E-state index is 14.6. The second-order valence-electron chi connectivity index (χ2n) is 12.3. The molecule has 1 aromatic heterocycles. The number of amides is 1. The van der Waals surface area contributed by atoms with Crippen molar-refractivity contribution in [1.29, 1.82) is 0 Å². The van der Waals surface area contributed by atoms with Crippen LogP contribution in [0.3, 0.4) is 0 Å². The summed E-state index contributed by atoms with van der Waals surface area (Å²) in [7, 11) is -2.51. The molecular weight excluding hydrogens is 708 g/mol. The second-order valence-corrected chi connectivity index (χ2v) is 16.8. The van der Waals surface area contributed by atoms with Crippen molar-refractivity contribution >= 4 is 73.5 Å². The van der Waals surface area contributed by atoms with Gasteiger partial charge in [-0.2, -0.15) is 0 Å². The first-order valence-corrected chi connectivity index (χ1v) is 19.8. The first-order chi connectivity index (χ1) is 25.7. The molecule has 9 nitrogen and oxygen atoms in total. The largest absolute Gasteiger partial charge is 0.483 e. The van der Waals surface area contributed by atoms with Crippen molar-refractivity contribution in [3.8, 4) is 5.75 Å². The molecule has 6 rings (SSSR count). The van der Waals surface area contributed by atoms with Crippen molar-refractivity contribution in [3.05, 3.63) is 145 Å². The maximum atomic E-state index is 14.6. The third-order valence-corrected chi connectivity index (χ3v) is 13.8. The number of thiazole rings is 1. The molecule has 0 radical (unpaired) electrons. The first kappa shape index (κ1) is 37.1. The Hall–Kier alpha value is -5.70. The van der Waals surface area contributed by atoms with Crippen LogP contribution in [0.1, 0.15) is 29.8 Å². The topological polar surface area (TPSA) is 121 Å². The molecule has 0 aliphatic carbocycles. The Bertz CT molecular complexity index is 2080. The maximum Gasteiger partial charge on any atom is 0.303 e. The number of carbonyl (C=O) groups is 4. The summed E-state index contributed by atoms with van der Waals surface area (Å²) in [5.41, 5.74) is 1.71. The minimum Gasteiger partial charge on any atom is -0.483 e. The number of fused-ring (bicyclic) bond motifs is 1. The fraction of sp³-hybridized carbons (Fsp3) is 0.167. The molecule has 1 unspecified atom stereocenters. The van der Waals surface area contributed by atoms with Crippen LogP contribution in [0.2, 0.25) is 0 Å². The van der Waals surface area contributed by atoms with Crippen LogP contribution in [-0.2, 0) is 30.3 Å². The molecule has 6 aromatic rings. The minimum atomic E-state index is -2.51. The molecular formula is C42H38N2O7PS+. The van der Waals surface area contributed by atoms with Gasteiger partial charge in [-0.15, -0.1) is 0 Å². The van der Waals surface area contributed by atoms with Gasteiger partial charge in [-0.25, -0.2) is 4.98 Å². The normalized spacial score (nSPS) is 11.7. The van der Waals surface area contributed by atoms with Crippen LogP contribution in [0.5, 0.6) is 5.75 Å². The number of ketones is 1. The standard InChI is InChI=1S/C42H37N2O7PS/c1-29(45)49-26-33(51-30(2)46)25-32-24-31(22-23-39(32)50-27-41(48)44-42-43-37-20-12-13-21-40(37)53-42)38(47)28-52(34-14-6-3-7-15-34,35-16-8-4-9-17-35)36-18-10-5-11-19-36/h3-24,33H,25-28H2,1-2H3/p+1. The summed E-state index contributed by atoms with van der Waals surface area (Å²) in [6.07, 6.45) is -0.611. The molecule has 0 saturated heterocycles. The zero-order valence-corrected chi connectivity index (χ0v) is 31.0. The van der Waals surface area contributed by atoms with Crippen molar-refractivity contribution in [3.63, 3.8) is 0 Å². The molecule has 0 bridgehead atoms. The van der Waals surface area contributed by atoms with E-state index in [1.165, 1.54) is 25.2 Å². The lowest BCUT2D eigenvalue weighted by Gasteiger charge is -2.27. The average Bonchev–Trinajstić information content (AvgIpc) is 3.58. The van der Waals surface area contributed by atoms with Gasteiger partial charge >= 0.3 is 11.9 Å². The number of esters is 2. The number of rotatable bonds is 15. The first-order valence-electron chi connectivity index (χ1n) is 17.0. The number of ether oxygens (including phenoxy) is 3. The Morgan fingerprint density at radius 3 is 1.89 bits per heavy atom. The van der Waals surface area contributed by atoms with Gasteiger partial charge in [0.2, 0.25) is 5.78 Å². The predicted octanol–water partition coefficient (Wildman–Crippen LogP) is 6.53. The fourth-order valence-electron chi connectivity index (χ4n) is 6.18. The van der Waals surface area contributed by atoms with Crippen LogP contribution in [-0.4, -0.2) is 54.1 Å². The van der Waals surface area contributed by atoms with E-state index in [1.807, 2.05) is 78.9 Å². The summed E-state index contributed by atoms with van der Waals surface area (Å²) in [5.74, 6) is -1.29. The summed E-state index contributed by atoms with van der Waals surface area (Å²) in [5, 5.41) is 6.44. The third-order valence-electron chi connectivity index (χ3n) is 8.51. The fourth-order valence-corrected chi connectivity index (χ4v) is 11.2. The van der Waals surface area contributed by atoms with E-state index in [9.17, 15) is 19.2 Å². The zero-order chi connectivity index (χ0) is 37.2. The van der Waals surface area contributed by atoms with Crippen molar-refractivity contribution in [2.45, 2.75) is 26.4 Å². The molecule has 11 heteroatoms. The Labute approximate surface area is 312 Å². The van der Waals surface area contributed by atoms with Crippen LogP contribution in [0, 0.1) is 0 Å². The van der Waals surface area contributed by atoms with E-state index >= 15 is 0 Å². The summed E-state index contributed by atoms with van der Waals surface area (Å²) in [6, 6.07) is 43.0. The summed E-state index contributed by atoms with van der Waals surface area (Å²) >= 11 is 1.35. The predicted molar refractivity (Wildman–Crippen MR) is 210 cm³/mol. The number of benzene rings is 5. The number of hydrogen-bond donors (Lipinski definition) is 1. The van der Waals surface area contributed by atoms with Gasteiger partial charge < -0.3 is 14.2 Å². The van der Waals surface area contributed by atoms with E-state index in [0.29, 0.717) is 22.0 Å². The molecule has 0 aliphatic heterocycles. The quantitative estimate of drug-likeness (QED) is 0.0717. The molecule has 53 heavy (non-hydrogen) atoms. The molecule has 1 N–H and O–H groups in total. The van der Waals surface area contributed by atoms with E-state index in [-0.39, 0.29) is 31.6 Å². The summed E-state index contributed by atoms with van der Waals surface area (Å²) in [6.45, 7) is 1.99. The van der Waals surface area contributed by atoms with Crippen LogP contribution >= 0.6 is 18.6 Å². The van der Waals surface area contributed by atoms with Gasteiger partial charge in [0, 0.05) is 25.8 Å². The minimum absolute atomic E-state index is 0.0547. The molecule has 0 aliphatic rings. The highest BCUT2D eigenvalue weighted by Crippen LogP contribution is 2.55. The zero-order valence-electron chi connectivity index (χ0n) is 29.3. The number of carbonyl (C=O) groups excluding carboxylic acids is 4. The molecule has 1 atom stereocenters. The van der Waals surface area contributed by atoms with Gasteiger partial charge in [0.25, 0.3) is 5.91 Å². The summed E-state index contributed by atoms with van der Waals surface area (Å²) < 4.78 is 17.7. The monoisotopic (exact) mass is 745 g/mol. The highest BCUT2D eigenvalue weighted by atomic mass is 32.1. The lowest BCUT2D eigenvalue weighted by Crippen LogP contribution is -2.35. The Morgan fingerprint density at radius 1 is 0.736 bits per heavy atom. The second kappa shape index (κ2) is 17.2. The van der Waals surface area contributed by atoms with Crippen LogP contribution in [0.15, 0.2) is 133 Å². The van der Waals surface area contributed by atoms with E-state index < -0.39 is 31.2 Å². The van der Waals surface area contributed by atoms with E-state index in [4.69, 9.17) is 14.2 Å². The van der Waals surface area contributed by atoms with Gasteiger partial charge in [0.05, 0.1) is 10.2 Å². The lowest BCUT2D eigenvalue weighted by molar-refractivity contribution is -0.156. The Morgan fingerprint density at radius 2 is 1.32 bits per heavy atom. The number of anilines is 1. The highest BCUT2D eigenvalue weighted by Gasteiger charge is 2.47. The number of hydrogen-bond acceptors (Lipinski definition) is 9. The SMILES string of the molecule is CC(=O)OCC(Cc1cc(C(=O)C[P+](c2ccccc2)(c2ccccc2)c2ccccc2)ccc1OCC(=O)Nc1nc2ccccc2s1)OC(C)=O. The van der Waals surface area contributed by atoms with Crippen molar-refractivity contribution in [1.82, 2.24) is 4.98 Å². The Balaban J connectivity index is 1.33. The molecule has 1 heterocycles. The summed E-state index contributed by atoms with van der Waals surface area (Å²) in [4.78, 5) is 55.8. The van der Waals surface area contributed by atoms with E-state index in [0.717, 1.165) is 26.1 Å². The molecule has 1 amide bonds. The molecule has 0 saturated carbocycles. The highest BCUT2D eigenvalue weighted by molar-refractivity contribution is 7.96. The molecule has 0 spiro atoms. The number of Topliss-reactive ketones (excluding diaryl/α,β-unsaturated/α-hetero) is 1. The molecule has 5 aromatic carbocycles. The van der Waals surface area contributed by atoms with Crippen LogP contribution in [0.25, 0.3) is 10.2 Å². The van der Waals surface area contributed by atoms with Crippen molar-refractivity contribution < 1.29 is 33.4 Å². The van der Waals surface area contributed by atoms with Gasteiger partial charge in [-0.3, -0.25) is 24.5 Å². The lowest BCUT2D eigenvalue weighted by atomic mass is 10.0.